The summed E-state index contributed by atoms with van der Waals surface area (Å²) in [7, 11) is 0. The van der Waals surface area contributed by atoms with Crippen molar-refractivity contribution in [2.75, 3.05) is 13.2 Å². The fourth-order valence-electron chi connectivity index (χ4n) is 2.36. The molecule has 1 heterocycles. The van der Waals surface area contributed by atoms with Crippen molar-refractivity contribution in [3.8, 4) is 0 Å². The highest BCUT2D eigenvalue weighted by atomic mass is 16.5. The third-order valence-electron chi connectivity index (χ3n) is 3.81. The van der Waals surface area contributed by atoms with E-state index in [1.807, 2.05) is 31.2 Å². The van der Waals surface area contributed by atoms with Gasteiger partial charge in [0.25, 0.3) is 0 Å². The predicted molar refractivity (Wildman–Crippen MR) is 77.0 cm³/mol. The molecule has 2 amide bonds. The molecule has 0 unspecified atom stereocenters. The number of hydrogen-bond acceptors (Lipinski definition) is 3. The van der Waals surface area contributed by atoms with E-state index in [0.29, 0.717) is 19.8 Å². The van der Waals surface area contributed by atoms with Gasteiger partial charge in [-0.1, -0.05) is 24.3 Å². The number of carbonyl (C=O) groups is 2. The number of rotatable bonds is 4. The van der Waals surface area contributed by atoms with Gasteiger partial charge in [-0.2, -0.15) is 0 Å². The van der Waals surface area contributed by atoms with E-state index >= 15 is 0 Å². The molecule has 1 saturated heterocycles. The first-order valence-corrected chi connectivity index (χ1v) is 6.95. The number of nitrogens with one attached hydrogen (secondary N) is 2. The minimum Gasteiger partial charge on any atom is -0.480 e. The highest BCUT2D eigenvalue weighted by Gasteiger charge is 2.41. The summed E-state index contributed by atoms with van der Waals surface area (Å²) in [5.74, 6) is -1.02. The van der Waals surface area contributed by atoms with Crippen LogP contribution in [-0.2, 0) is 16.1 Å². The molecule has 3 N–H and O–H groups in total. The molecule has 2 rings (SSSR count). The van der Waals surface area contributed by atoms with E-state index in [1.165, 1.54) is 0 Å². The average Bonchev–Trinajstić information content (AvgIpc) is 2.47. The van der Waals surface area contributed by atoms with E-state index in [0.717, 1.165) is 11.1 Å². The Hall–Kier alpha value is -2.08. The number of ether oxygens (including phenoxy) is 1. The third-order valence-corrected chi connectivity index (χ3v) is 3.81. The van der Waals surface area contributed by atoms with Crippen LogP contribution in [0.1, 0.15) is 24.0 Å². The maximum atomic E-state index is 12.0. The number of aryl methyl sites for hydroxylation is 1. The van der Waals surface area contributed by atoms with Crippen LogP contribution in [0.15, 0.2) is 24.3 Å². The summed E-state index contributed by atoms with van der Waals surface area (Å²) in [5, 5.41) is 14.7. The third kappa shape index (κ3) is 3.72. The van der Waals surface area contributed by atoms with Crippen molar-refractivity contribution in [1.82, 2.24) is 10.6 Å². The van der Waals surface area contributed by atoms with Crippen molar-refractivity contribution >= 4 is 12.0 Å². The van der Waals surface area contributed by atoms with E-state index in [1.54, 1.807) is 0 Å². The summed E-state index contributed by atoms with van der Waals surface area (Å²) >= 11 is 0. The van der Waals surface area contributed by atoms with Crippen LogP contribution in [-0.4, -0.2) is 35.9 Å². The van der Waals surface area contributed by atoms with E-state index in [4.69, 9.17) is 4.74 Å². The molecule has 1 aromatic carbocycles. The molecule has 1 aliphatic rings. The van der Waals surface area contributed by atoms with Crippen molar-refractivity contribution in [2.45, 2.75) is 31.8 Å². The van der Waals surface area contributed by atoms with Crippen molar-refractivity contribution < 1.29 is 19.4 Å². The molecule has 0 aromatic heterocycles. The lowest BCUT2D eigenvalue weighted by atomic mass is 9.90. The molecule has 21 heavy (non-hydrogen) atoms. The molecule has 114 valence electrons. The van der Waals surface area contributed by atoms with Crippen LogP contribution in [0.2, 0.25) is 0 Å². The van der Waals surface area contributed by atoms with Crippen LogP contribution in [0, 0.1) is 6.92 Å². The van der Waals surface area contributed by atoms with Crippen LogP contribution >= 0.6 is 0 Å². The summed E-state index contributed by atoms with van der Waals surface area (Å²) in [6.07, 6.45) is 0.556. The Morgan fingerprint density at radius 1 is 1.29 bits per heavy atom. The zero-order valence-corrected chi connectivity index (χ0v) is 12.0. The number of aliphatic carboxylic acids is 1. The van der Waals surface area contributed by atoms with Gasteiger partial charge in [0.05, 0.1) is 0 Å². The largest absolute Gasteiger partial charge is 0.480 e. The van der Waals surface area contributed by atoms with Crippen LogP contribution in [0.3, 0.4) is 0 Å². The summed E-state index contributed by atoms with van der Waals surface area (Å²) in [5.41, 5.74) is 0.856. The van der Waals surface area contributed by atoms with Crippen LogP contribution < -0.4 is 10.6 Å². The van der Waals surface area contributed by atoms with E-state index in [9.17, 15) is 14.7 Å². The van der Waals surface area contributed by atoms with Crippen molar-refractivity contribution in [1.29, 1.82) is 0 Å². The molecular weight excluding hydrogens is 272 g/mol. The summed E-state index contributed by atoms with van der Waals surface area (Å²) in [6.45, 7) is 3.01. The van der Waals surface area contributed by atoms with Gasteiger partial charge in [-0.25, -0.2) is 9.59 Å². The molecule has 0 spiro atoms. The number of carbonyl (C=O) groups excluding carboxylic acids is 1. The normalized spacial score (nSPS) is 17.0. The molecule has 0 atom stereocenters. The summed E-state index contributed by atoms with van der Waals surface area (Å²) in [6, 6.07) is 7.25. The van der Waals surface area contributed by atoms with E-state index in [-0.39, 0.29) is 12.8 Å². The number of benzene rings is 1. The van der Waals surface area contributed by atoms with Crippen LogP contribution in [0.5, 0.6) is 0 Å². The SMILES string of the molecule is Cc1ccccc1CNC(=O)NC1(C(=O)O)CCOCC1. The quantitative estimate of drug-likeness (QED) is 0.783. The molecule has 0 radical (unpaired) electrons. The van der Waals surface area contributed by atoms with Gasteiger partial charge in [0, 0.05) is 32.6 Å². The number of hydrogen-bond donors (Lipinski definition) is 3. The highest BCUT2D eigenvalue weighted by molar-refractivity contribution is 5.86. The first-order valence-electron chi connectivity index (χ1n) is 6.95. The van der Waals surface area contributed by atoms with Crippen LogP contribution in [0.25, 0.3) is 0 Å². The van der Waals surface area contributed by atoms with Gasteiger partial charge in [-0.3, -0.25) is 0 Å². The highest BCUT2D eigenvalue weighted by Crippen LogP contribution is 2.21. The summed E-state index contributed by atoms with van der Waals surface area (Å²) in [4.78, 5) is 23.4. The monoisotopic (exact) mass is 292 g/mol. The van der Waals surface area contributed by atoms with E-state index < -0.39 is 17.5 Å². The van der Waals surface area contributed by atoms with E-state index in [2.05, 4.69) is 10.6 Å². The predicted octanol–water partition coefficient (Wildman–Crippen LogP) is 1.43. The maximum absolute atomic E-state index is 12.0. The first kappa shape index (κ1) is 15.3. The Labute approximate surface area is 123 Å². The average molecular weight is 292 g/mol. The van der Waals surface area contributed by atoms with Crippen molar-refractivity contribution in [3.63, 3.8) is 0 Å². The van der Waals surface area contributed by atoms with Gasteiger partial charge < -0.3 is 20.5 Å². The Bertz CT molecular complexity index is 524. The lowest BCUT2D eigenvalue weighted by Crippen LogP contribution is -2.59. The summed E-state index contributed by atoms with van der Waals surface area (Å²) < 4.78 is 5.17. The lowest BCUT2D eigenvalue weighted by molar-refractivity contribution is -0.148. The molecule has 0 bridgehead atoms. The minimum absolute atomic E-state index is 0.278. The Kier molecular flexibility index (Phi) is 4.80. The van der Waals surface area contributed by atoms with Gasteiger partial charge in [-0.05, 0) is 18.1 Å². The smallest absolute Gasteiger partial charge is 0.329 e. The standard InChI is InChI=1S/C15H20N2O4/c1-11-4-2-3-5-12(11)10-16-14(20)17-15(13(18)19)6-8-21-9-7-15/h2-5H,6-10H2,1H3,(H,18,19)(H2,16,17,20). The number of urea groups is 1. The number of amides is 2. The topological polar surface area (TPSA) is 87.7 Å². The molecule has 1 aliphatic heterocycles. The molecule has 1 fully saturated rings. The first-order chi connectivity index (χ1) is 10.0. The van der Waals surface area contributed by atoms with Crippen molar-refractivity contribution in [3.05, 3.63) is 35.4 Å². The number of carboxylic acids is 1. The molecule has 6 heteroatoms. The Balaban J connectivity index is 1.94. The molecule has 0 aliphatic carbocycles. The molecule has 0 saturated carbocycles. The second-order valence-corrected chi connectivity index (χ2v) is 5.23. The van der Waals surface area contributed by atoms with Crippen molar-refractivity contribution in [2.24, 2.45) is 0 Å². The zero-order valence-electron chi connectivity index (χ0n) is 12.0. The maximum Gasteiger partial charge on any atom is 0.329 e. The van der Waals surface area contributed by atoms with Gasteiger partial charge in [0.2, 0.25) is 0 Å². The fraction of sp³-hybridized carbons (Fsp3) is 0.467. The van der Waals surface area contributed by atoms with Gasteiger partial charge in [-0.15, -0.1) is 0 Å². The fourth-order valence-corrected chi connectivity index (χ4v) is 2.36. The second-order valence-electron chi connectivity index (χ2n) is 5.23. The molecule has 1 aromatic rings. The lowest BCUT2D eigenvalue weighted by Gasteiger charge is -2.33. The Morgan fingerprint density at radius 3 is 2.57 bits per heavy atom. The second kappa shape index (κ2) is 6.58. The van der Waals surface area contributed by atoms with Gasteiger partial charge in [0.1, 0.15) is 5.54 Å². The Morgan fingerprint density at radius 2 is 1.95 bits per heavy atom. The number of carboxylic acid groups (broad SMARTS) is 1. The van der Waals surface area contributed by atoms with Crippen LogP contribution in [0.4, 0.5) is 4.79 Å². The molecular formula is C15H20N2O4. The molecule has 6 nitrogen and oxygen atoms in total. The zero-order chi connectivity index (χ0) is 15.3. The minimum atomic E-state index is -1.23. The van der Waals surface area contributed by atoms with Gasteiger partial charge in [0.15, 0.2) is 0 Å². The van der Waals surface area contributed by atoms with Gasteiger partial charge >= 0.3 is 12.0 Å².